The number of nitrogens with one attached hydrogen (secondary N) is 1. The van der Waals surface area contributed by atoms with E-state index in [4.69, 9.17) is 23.2 Å². The Labute approximate surface area is 202 Å². The van der Waals surface area contributed by atoms with E-state index < -0.39 is 53.2 Å². The molecule has 0 aromatic heterocycles. The molecule has 5 atom stereocenters. The molecule has 2 amide bonds. The molecule has 2 aromatic rings. The van der Waals surface area contributed by atoms with E-state index in [1.807, 2.05) is 4.90 Å². The number of anilines is 2. The van der Waals surface area contributed by atoms with E-state index in [1.54, 1.807) is 0 Å². The van der Waals surface area contributed by atoms with Crippen LogP contribution in [0.4, 0.5) is 24.5 Å². The summed E-state index contributed by atoms with van der Waals surface area (Å²) in [5.41, 5.74) is -2.30. The summed E-state index contributed by atoms with van der Waals surface area (Å²) in [6.07, 6.45) is -4.89. The van der Waals surface area contributed by atoms with Crippen LogP contribution in [0.15, 0.2) is 36.4 Å². The summed E-state index contributed by atoms with van der Waals surface area (Å²) in [5.74, 6) is -2.94. The number of aliphatic hydroxyl groups excluding tert-OH is 1. The second kappa shape index (κ2) is 7.10. The van der Waals surface area contributed by atoms with Gasteiger partial charge in [0, 0.05) is 21.7 Å². The molecule has 3 saturated heterocycles. The summed E-state index contributed by atoms with van der Waals surface area (Å²) < 4.78 is 41.4. The number of halogens is 5. The molecule has 34 heavy (non-hydrogen) atoms. The molecule has 2 aromatic carbocycles. The van der Waals surface area contributed by atoms with E-state index in [-0.39, 0.29) is 27.0 Å². The quantitative estimate of drug-likeness (QED) is 0.560. The first kappa shape index (κ1) is 22.2. The number of alkyl halides is 3. The van der Waals surface area contributed by atoms with Gasteiger partial charge in [0.1, 0.15) is 11.8 Å². The summed E-state index contributed by atoms with van der Waals surface area (Å²) in [6, 6.07) is 7.69. The number of benzene rings is 2. The average Bonchev–Trinajstić information content (AvgIpc) is 3.44. The Balaban J connectivity index is 1.56. The number of para-hydroxylation sites is 1. The van der Waals surface area contributed by atoms with Crippen molar-refractivity contribution in [2.75, 3.05) is 16.8 Å². The zero-order valence-corrected chi connectivity index (χ0v) is 19.0. The van der Waals surface area contributed by atoms with Crippen molar-refractivity contribution in [1.82, 2.24) is 4.90 Å². The number of aliphatic hydroxyl groups is 1. The van der Waals surface area contributed by atoms with Gasteiger partial charge in [0.25, 0.3) is 0 Å². The molecule has 6 rings (SSSR count). The summed E-state index contributed by atoms with van der Waals surface area (Å²) in [7, 11) is 0. The Kier molecular flexibility index (Phi) is 4.63. The van der Waals surface area contributed by atoms with Crippen molar-refractivity contribution in [2.45, 2.75) is 36.8 Å². The molecule has 2 N–H and O–H groups in total. The van der Waals surface area contributed by atoms with Crippen molar-refractivity contribution in [1.29, 1.82) is 0 Å². The molecule has 0 bridgehead atoms. The van der Waals surface area contributed by atoms with Gasteiger partial charge in [-0.15, -0.1) is 0 Å². The van der Waals surface area contributed by atoms with Gasteiger partial charge in [0.15, 0.2) is 0 Å². The zero-order valence-electron chi connectivity index (χ0n) is 17.4. The topological polar surface area (TPSA) is 72.9 Å². The highest BCUT2D eigenvalue weighted by Crippen LogP contribution is 2.63. The Bertz CT molecular complexity index is 1240. The fourth-order valence-electron chi connectivity index (χ4n) is 6.59. The second-order valence-corrected chi connectivity index (χ2v) is 10.0. The van der Waals surface area contributed by atoms with E-state index >= 15 is 0 Å². The van der Waals surface area contributed by atoms with Gasteiger partial charge < -0.3 is 10.4 Å². The lowest BCUT2D eigenvalue weighted by Crippen LogP contribution is -2.56. The van der Waals surface area contributed by atoms with Crippen LogP contribution in [0.3, 0.4) is 0 Å². The molecule has 178 valence electrons. The first-order chi connectivity index (χ1) is 16.1. The molecule has 0 saturated carbocycles. The Morgan fingerprint density at radius 3 is 2.47 bits per heavy atom. The van der Waals surface area contributed by atoms with Crippen LogP contribution in [0.2, 0.25) is 10.0 Å². The number of rotatable bonds is 1. The van der Waals surface area contributed by atoms with Gasteiger partial charge in [-0.25, -0.2) is 4.90 Å². The number of carbonyl (C=O) groups excluding carboxylic acids is 2. The van der Waals surface area contributed by atoms with Gasteiger partial charge in [-0.1, -0.05) is 35.3 Å². The van der Waals surface area contributed by atoms with Crippen LogP contribution in [-0.4, -0.2) is 40.6 Å². The highest BCUT2D eigenvalue weighted by molar-refractivity contribution is 6.35. The maximum Gasteiger partial charge on any atom is 0.418 e. The van der Waals surface area contributed by atoms with Crippen molar-refractivity contribution in [3.05, 3.63) is 57.6 Å². The molecule has 4 heterocycles. The SMILES string of the molecule is O=C1C2C3CCCN3C3(c4cccc(C(F)(F)F)c4NC3O)C2C(=O)N1c1cc(Cl)cc(Cl)c1. The van der Waals surface area contributed by atoms with E-state index in [0.717, 1.165) is 11.0 Å². The minimum absolute atomic E-state index is 0.182. The predicted molar refractivity (Wildman–Crippen MR) is 118 cm³/mol. The van der Waals surface area contributed by atoms with Gasteiger partial charge in [-0.3, -0.25) is 14.5 Å². The van der Waals surface area contributed by atoms with Crippen molar-refractivity contribution in [2.24, 2.45) is 11.8 Å². The molecular weight excluding hydrogens is 494 g/mol. The van der Waals surface area contributed by atoms with Crippen molar-refractivity contribution in [3.63, 3.8) is 0 Å². The molecule has 1 spiro atoms. The van der Waals surface area contributed by atoms with Gasteiger partial charge in [-0.05, 0) is 43.7 Å². The molecule has 6 nitrogen and oxygen atoms in total. The van der Waals surface area contributed by atoms with Crippen LogP contribution >= 0.6 is 23.2 Å². The average molecular weight is 512 g/mol. The van der Waals surface area contributed by atoms with Gasteiger partial charge in [-0.2, -0.15) is 13.2 Å². The van der Waals surface area contributed by atoms with Gasteiger partial charge in [0.2, 0.25) is 11.8 Å². The third kappa shape index (κ3) is 2.66. The zero-order chi connectivity index (χ0) is 24.2. The maximum absolute atomic E-state index is 13.9. The minimum Gasteiger partial charge on any atom is -0.371 e. The van der Waals surface area contributed by atoms with Crippen LogP contribution in [0.5, 0.6) is 0 Å². The maximum atomic E-state index is 13.9. The van der Waals surface area contributed by atoms with E-state index in [0.29, 0.717) is 19.4 Å². The Morgan fingerprint density at radius 1 is 1.09 bits per heavy atom. The number of nitrogens with zero attached hydrogens (tertiary/aromatic N) is 2. The van der Waals surface area contributed by atoms with E-state index in [9.17, 15) is 27.9 Å². The predicted octanol–water partition coefficient (Wildman–Crippen LogP) is 4.24. The second-order valence-electron chi connectivity index (χ2n) is 9.14. The summed E-state index contributed by atoms with van der Waals surface area (Å²) in [6.45, 7) is 0.454. The number of hydrogen-bond donors (Lipinski definition) is 2. The lowest BCUT2D eigenvalue weighted by molar-refractivity contribution is -0.137. The summed E-state index contributed by atoms with van der Waals surface area (Å²) in [4.78, 5) is 30.4. The van der Waals surface area contributed by atoms with Crippen LogP contribution in [-0.2, 0) is 21.3 Å². The molecule has 0 aliphatic carbocycles. The normalized spacial score (nSPS) is 32.4. The van der Waals surface area contributed by atoms with Crippen LogP contribution in [0, 0.1) is 11.8 Å². The highest BCUT2D eigenvalue weighted by atomic mass is 35.5. The highest BCUT2D eigenvalue weighted by Gasteiger charge is 2.74. The molecule has 11 heteroatoms. The number of amides is 2. The number of fused-ring (bicyclic) bond motifs is 7. The smallest absolute Gasteiger partial charge is 0.371 e. The van der Waals surface area contributed by atoms with E-state index in [2.05, 4.69) is 5.32 Å². The lowest BCUT2D eigenvalue weighted by Gasteiger charge is -2.41. The third-order valence-corrected chi connectivity index (χ3v) is 8.06. The monoisotopic (exact) mass is 511 g/mol. The van der Waals surface area contributed by atoms with Crippen LogP contribution in [0.25, 0.3) is 0 Å². The third-order valence-electron chi connectivity index (χ3n) is 7.62. The molecule has 4 aliphatic rings. The molecule has 5 unspecified atom stereocenters. The first-order valence-corrected chi connectivity index (χ1v) is 11.6. The molecule has 4 aliphatic heterocycles. The number of hydrogen-bond acceptors (Lipinski definition) is 5. The first-order valence-electron chi connectivity index (χ1n) is 10.8. The van der Waals surface area contributed by atoms with Crippen molar-refractivity contribution < 1.29 is 27.9 Å². The van der Waals surface area contributed by atoms with E-state index in [1.165, 1.54) is 30.3 Å². The Hall–Kier alpha value is -2.33. The Morgan fingerprint density at radius 2 is 1.79 bits per heavy atom. The fourth-order valence-corrected chi connectivity index (χ4v) is 7.10. The largest absolute Gasteiger partial charge is 0.418 e. The minimum atomic E-state index is -4.66. The summed E-state index contributed by atoms with van der Waals surface area (Å²) in [5, 5.41) is 14.4. The molecular formula is C23H18Cl2F3N3O3. The lowest BCUT2D eigenvalue weighted by atomic mass is 9.74. The number of imide groups is 1. The van der Waals surface area contributed by atoms with Gasteiger partial charge in [0.05, 0.1) is 28.8 Å². The van der Waals surface area contributed by atoms with Crippen molar-refractivity contribution >= 4 is 46.4 Å². The molecule has 3 fully saturated rings. The van der Waals surface area contributed by atoms with Gasteiger partial charge >= 0.3 is 6.18 Å². The molecule has 0 radical (unpaired) electrons. The van der Waals surface area contributed by atoms with Crippen molar-refractivity contribution in [3.8, 4) is 0 Å². The number of carbonyl (C=O) groups is 2. The standard InChI is InChI=1S/C23H18Cl2F3N3O3/c24-10-7-11(25)9-12(8-10)31-19(32)16-15-5-2-6-30(15)22(17(16)20(31)33)13-3-1-4-14(23(26,27)28)18(13)29-21(22)34/h1,3-4,7-9,15-17,21,29,34H,2,5-6H2. The van der Waals surface area contributed by atoms with Crippen LogP contribution in [0.1, 0.15) is 24.0 Å². The van der Waals surface area contributed by atoms with Crippen LogP contribution < -0.4 is 10.2 Å². The summed E-state index contributed by atoms with van der Waals surface area (Å²) >= 11 is 12.2. The fraction of sp³-hybridized carbons (Fsp3) is 0.391.